The van der Waals surface area contributed by atoms with Gasteiger partial charge < -0.3 is 15.7 Å². The lowest BCUT2D eigenvalue weighted by atomic mass is 10.00. The average Bonchev–Trinajstić information content (AvgIpc) is 3.08. The topological polar surface area (TPSA) is 62.4 Å². The van der Waals surface area contributed by atoms with Crippen LogP contribution in [-0.4, -0.2) is 29.3 Å². The Hall–Kier alpha value is -1.65. The molecule has 0 spiro atoms. The van der Waals surface area contributed by atoms with Gasteiger partial charge in [-0.1, -0.05) is 18.2 Å². The van der Waals surface area contributed by atoms with Crippen molar-refractivity contribution in [3.8, 4) is 0 Å². The first-order chi connectivity index (χ1) is 10.3. The molecule has 1 saturated heterocycles. The molecule has 3 atom stereocenters. The van der Waals surface area contributed by atoms with E-state index in [2.05, 4.69) is 17.0 Å². The Labute approximate surface area is 124 Å². The fourth-order valence-corrected chi connectivity index (χ4v) is 3.98. The van der Waals surface area contributed by atoms with Crippen molar-refractivity contribution >= 4 is 16.7 Å². The van der Waals surface area contributed by atoms with E-state index in [1.165, 1.54) is 0 Å². The second-order valence-electron chi connectivity index (χ2n) is 6.34. The van der Waals surface area contributed by atoms with E-state index in [4.69, 9.17) is 10.7 Å². The molecule has 3 N–H and O–H groups in total. The van der Waals surface area contributed by atoms with Crippen LogP contribution in [-0.2, 0) is 6.54 Å². The number of hydrogen-bond acceptors (Lipinski definition) is 4. The number of aromatic nitrogens is 1. The number of anilines is 1. The monoisotopic (exact) mass is 283 g/mol. The molecule has 3 unspecified atom stereocenters. The summed E-state index contributed by atoms with van der Waals surface area (Å²) in [5.41, 5.74) is 8.05. The van der Waals surface area contributed by atoms with Gasteiger partial charge in [-0.3, -0.25) is 0 Å². The maximum absolute atomic E-state index is 10.1. The lowest BCUT2D eigenvalue weighted by Crippen LogP contribution is -2.26. The molecule has 110 valence electrons. The zero-order valence-corrected chi connectivity index (χ0v) is 12.1. The lowest BCUT2D eigenvalue weighted by Gasteiger charge is -2.22. The summed E-state index contributed by atoms with van der Waals surface area (Å²) in [7, 11) is 0. The Morgan fingerprint density at radius 2 is 2.10 bits per heavy atom. The fraction of sp³-hybridized carbons (Fsp3) is 0.471. The van der Waals surface area contributed by atoms with Crippen LogP contribution in [0, 0.1) is 11.8 Å². The SMILES string of the molecule is NCc1cc2ccccc2nc1N1CC2CCC(O)C2C1. The number of nitrogens with two attached hydrogens (primary N) is 1. The third-order valence-electron chi connectivity index (χ3n) is 5.12. The average molecular weight is 283 g/mol. The van der Waals surface area contributed by atoms with Crippen LogP contribution in [0.3, 0.4) is 0 Å². The van der Waals surface area contributed by atoms with Gasteiger partial charge in [0.15, 0.2) is 0 Å². The van der Waals surface area contributed by atoms with Crippen molar-refractivity contribution in [2.45, 2.75) is 25.5 Å². The van der Waals surface area contributed by atoms with Gasteiger partial charge in [0.05, 0.1) is 11.6 Å². The maximum Gasteiger partial charge on any atom is 0.133 e. The molecule has 1 aliphatic carbocycles. The third-order valence-corrected chi connectivity index (χ3v) is 5.12. The molecular weight excluding hydrogens is 262 g/mol. The molecule has 0 radical (unpaired) electrons. The Kier molecular flexibility index (Phi) is 3.08. The number of hydrogen-bond donors (Lipinski definition) is 2. The van der Waals surface area contributed by atoms with Crippen molar-refractivity contribution in [3.05, 3.63) is 35.9 Å². The molecule has 2 fully saturated rings. The molecule has 1 aromatic carbocycles. The summed E-state index contributed by atoms with van der Waals surface area (Å²) in [5.74, 6) is 2.03. The van der Waals surface area contributed by atoms with E-state index < -0.39 is 0 Å². The van der Waals surface area contributed by atoms with Crippen LogP contribution in [0.25, 0.3) is 10.9 Å². The largest absolute Gasteiger partial charge is 0.393 e. The van der Waals surface area contributed by atoms with Gasteiger partial charge in [-0.05, 0) is 30.9 Å². The second kappa shape index (κ2) is 4.97. The van der Waals surface area contributed by atoms with Crippen molar-refractivity contribution in [1.82, 2.24) is 4.98 Å². The summed E-state index contributed by atoms with van der Waals surface area (Å²) in [6, 6.07) is 10.3. The smallest absolute Gasteiger partial charge is 0.133 e. The van der Waals surface area contributed by atoms with E-state index in [1.54, 1.807) is 0 Å². The van der Waals surface area contributed by atoms with Gasteiger partial charge in [0.2, 0.25) is 0 Å². The lowest BCUT2D eigenvalue weighted by molar-refractivity contribution is 0.133. The van der Waals surface area contributed by atoms with Crippen LogP contribution in [0.2, 0.25) is 0 Å². The van der Waals surface area contributed by atoms with Gasteiger partial charge in [-0.25, -0.2) is 4.98 Å². The molecule has 1 saturated carbocycles. The summed E-state index contributed by atoms with van der Waals surface area (Å²) in [6.07, 6.45) is 1.95. The highest BCUT2D eigenvalue weighted by molar-refractivity contribution is 5.81. The van der Waals surface area contributed by atoms with Gasteiger partial charge in [0, 0.05) is 36.5 Å². The molecule has 4 heteroatoms. The van der Waals surface area contributed by atoms with Gasteiger partial charge in [0.1, 0.15) is 5.82 Å². The molecule has 2 heterocycles. The van der Waals surface area contributed by atoms with Crippen LogP contribution < -0.4 is 10.6 Å². The fourth-order valence-electron chi connectivity index (χ4n) is 3.98. The van der Waals surface area contributed by atoms with Crippen LogP contribution in [0.5, 0.6) is 0 Å². The van der Waals surface area contributed by atoms with Gasteiger partial charge in [-0.2, -0.15) is 0 Å². The van der Waals surface area contributed by atoms with Crippen molar-refractivity contribution in [2.75, 3.05) is 18.0 Å². The molecular formula is C17H21N3O. The maximum atomic E-state index is 10.1. The van der Waals surface area contributed by atoms with Crippen molar-refractivity contribution in [1.29, 1.82) is 0 Å². The zero-order chi connectivity index (χ0) is 14.4. The molecule has 1 aliphatic heterocycles. The molecule has 21 heavy (non-hydrogen) atoms. The molecule has 4 rings (SSSR count). The number of aliphatic hydroxyl groups is 1. The van der Waals surface area contributed by atoms with Crippen molar-refractivity contribution in [3.63, 3.8) is 0 Å². The standard InChI is InChI=1S/C17H21N3O/c18-8-13-7-11-3-1-2-4-15(11)19-17(13)20-9-12-5-6-16(21)14(12)10-20/h1-4,7,12,14,16,21H,5-6,8-10,18H2. The number of benzene rings is 1. The number of aliphatic hydroxyl groups excluding tert-OH is 1. The van der Waals surface area contributed by atoms with Gasteiger partial charge >= 0.3 is 0 Å². The van der Waals surface area contributed by atoms with Crippen molar-refractivity contribution < 1.29 is 5.11 Å². The van der Waals surface area contributed by atoms with E-state index in [0.717, 1.165) is 48.2 Å². The number of para-hydroxylation sites is 1. The van der Waals surface area contributed by atoms with E-state index in [1.807, 2.05) is 18.2 Å². The summed E-state index contributed by atoms with van der Waals surface area (Å²) in [4.78, 5) is 7.17. The first-order valence-electron chi connectivity index (χ1n) is 7.78. The summed E-state index contributed by atoms with van der Waals surface area (Å²) in [5, 5.41) is 11.2. The van der Waals surface area contributed by atoms with Crippen LogP contribution in [0.1, 0.15) is 18.4 Å². The Morgan fingerprint density at radius 1 is 1.24 bits per heavy atom. The summed E-state index contributed by atoms with van der Waals surface area (Å²) < 4.78 is 0. The van der Waals surface area contributed by atoms with Crippen LogP contribution in [0.15, 0.2) is 30.3 Å². The molecule has 4 nitrogen and oxygen atoms in total. The van der Waals surface area contributed by atoms with Gasteiger partial charge in [0.25, 0.3) is 0 Å². The highest BCUT2D eigenvalue weighted by Gasteiger charge is 2.42. The zero-order valence-electron chi connectivity index (χ0n) is 12.1. The minimum absolute atomic E-state index is 0.137. The first kappa shape index (κ1) is 13.0. The number of nitrogens with zero attached hydrogens (tertiary/aromatic N) is 2. The summed E-state index contributed by atoms with van der Waals surface area (Å²) >= 11 is 0. The van der Waals surface area contributed by atoms with E-state index in [-0.39, 0.29) is 6.10 Å². The second-order valence-corrected chi connectivity index (χ2v) is 6.34. The minimum Gasteiger partial charge on any atom is -0.393 e. The van der Waals surface area contributed by atoms with E-state index in [9.17, 15) is 5.11 Å². The number of rotatable bonds is 2. The van der Waals surface area contributed by atoms with E-state index in [0.29, 0.717) is 18.4 Å². The van der Waals surface area contributed by atoms with Crippen molar-refractivity contribution in [2.24, 2.45) is 17.6 Å². The Bertz CT molecular complexity index is 672. The Morgan fingerprint density at radius 3 is 2.90 bits per heavy atom. The van der Waals surface area contributed by atoms with Crippen LogP contribution in [0.4, 0.5) is 5.82 Å². The number of fused-ring (bicyclic) bond motifs is 2. The third kappa shape index (κ3) is 2.10. The molecule has 0 amide bonds. The highest BCUT2D eigenvalue weighted by atomic mass is 16.3. The summed E-state index contributed by atoms with van der Waals surface area (Å²) in [6.45, 7) is 2.41. The highest BCUT2D eigenvalue weighted by Crippen LogP contribution is 2.40. The molecule has 2 aromatic rings. The minimum atomic E-state index is -0.137. The first-order valence-corrected chi connectivity index (χ1v) is 7.78. The van der Waals surface area contributed by atoms with Crippen LogP contribution >= 0.6 is 0 Å². The Balaban J connectivity index is 1.73. The number of pyridine rings is 1. The molecule has 2 aliphatic rings. The predicted octanol–water partition coefficient (Wildman–Crippen LogP) is 1.90. The normalized spacial score (nSPS) is 28.3. The van der Waals surface area contributed by atoms with Gasteiger partial charge in [-0.15, -0.1) is 0 Å². The van der Waals surface area contributed by atoms with E-state index >= 15 is 0 Å². The predicted molar refractivity (Wildman–Crippen MR) is 84.1 cm³/mol. The molecule has 1 aromatic heterocycles. The quantitative estimate of drug-likeness (QED) is 0.883. The molecule has 0 bridgehead atoms.